The highest BCUT2D eigenvalue weighted by atomic mass is 16.5. The van der Waals surface area contributed by atoms with Crippen LogP contribution in [0.1, 0.15) is 22.5 Å². The number of pyridine rings is 1. The number of nitrogens with zero attached hydrogens (tertiary/aromatic N) is 4. The molecule has 0 atom stereocenters. The summed E-state index contributed by atoms with van der Waals surface area (Å²) in [7, 11) is 3.76. The van der Waals surface area contributed by atoms with Gasteiger partial charge in [0.05, 0.1) is 17.1 Å². The van der Waals surface area contributed by atoms with Crippen molar-refractivity contribution in [3.8, 4) is 17.1 Å². The monoisotopic (exact) mass is 351 g/mol. The van der Waals surface area contributed by atoms with E-state index in [0.717, 1.165) is 39.5 Å². The van der Waals surface area contributed by atoms with Crippen LogP contribution in [0.3, 0.4) is 0 Å². The van der Waals surface area contributed by atoms with E-state index in [-0.39, 0.29) is 0 Å². The van der Waals surface area contributed by atoms with Crippen molar-refractivity contribution in [2.45, 2.75) is 27.4 Å². The van der Waals surface area contributed by atoms with Crippen LogP contribution in [0.2, 0.25) is 0 Å². The first-order valence-electron chi connectivity index (χ1n) is 8.56. The van der Waals surface area contributed by atoms with Gasteiger partial charge in [-0.05, 0) is 38.5 Å². The first-order chi connectivity index (χ1) is 12.4. The minimum atomic E-state index is 0.408. The predicted molar refractivity (Wildman–Crippen MR) is 104 cm³/mol. The third-order valence-electron chi connectivity index (χ3n) is 4.62. The molecule has 6 nitrogen and oxygen atoms in total. The number of nitrogens with two attached hydrogens (primary N) is 1. The van der Waals surface area contributed by atoms with Crippen LogP contribution in [-0.4, -0.2) is 21.8 Å². The molecule has 0 unspecified atom stereocenters. The number of benzene rings is 1. The van der Waals surface area contributed by atoms with E-state index in [2.05, 4.69) is 23.1 Å². The summed E-state index contributed by atoms with van der Waals surface area (Å²) >= 11 is 0. The molecule has 3 aromatic rings. The maximum atomic E-state index is 5.99. The van der Waals surface area contributed by atoms with Gasteiger partial charge in [-0.3, -0.25) is 4.68 Å². The summed E-state index contributed by atoms with van der Waals surface area (Å²) in [6.07, 6.45) is 0. The Morgan fingerprint density at radius 3 is 2.50 bits per heavy atom. The van der Waals surface area contributed by atoms with Gasteiger partial charge in [-0.15, -0.1) is 0 Å². The minimum Gasteiger partial charge on any atom is -0.473 e. The Hall–Kier alpha value is -2.86. The van der Waals surface area contributed by atoms with Crippen molar-refractivity contribution in [2.24, 2.45) is 12.9 Å². The second kappa shape index (κ2) is 7.17. The molecule has 0 saturated carbocycles. The molecule has 0 fully saturated rings. The number of aromatic nitrogens is 3. The molecule has 2 N–H and O–H groups in total. The second-order valence-corrected chi connectivity index (χ2v) is 6.50. The average Bonchev–Trinajstić information content (AvgIpc) is 2.86. The molecule has 6 heteroatoms. The SMILES string of the molecule is Cc1cccc(N(C)N)c1COc1cccc(-c2c(C)nn(C)c2C)n1. The minimum absolute atomic E-state index is 0.408. The van der Waals surface area contributed by atoms with Crippen LogP contribution in [0.4, 0.5) is 5.69 Å². The topological polar surface area (TPSA) is 69.2 Å². The summed E-state index contributed by atoms with van der Waals surface area (Å²) in [5.74, 6) is 6.52. The highest BCUT2D eigenvalue weighted by Gasteiger charge is 2.14. The summed E-state index contributed by atoms with van der Waals surface area (Å²) in [6, 6.07) is 11.8. The Bertz CT molecular complexity index is 930. The molecule has 1 aromatic carbocycles. The van der Waals surface area contributed by atoms with Gasteiger partial charge in [0.2, 0.25) is 5.88 Å². The average molecular weight is 351 g/mol. The van der Waals surface area contributed by atoms with E-state index < -0.39 is 0 Å². The smallest absolute Gasteiger partial charge is 0.214 e. The van der Waals surface area contributed by atoms with Gasteiger partial charge in [0.15, 0.2) is 0 Å². The van der Waals surface area contributed by atoms with Gasteiger partial charge in [-0.1, -0.05) is 18.2 Å². The van der Waals surface area contributed by atoms with Crippen LogP contribution in [0.25, 0.3) is 11.3 Å². The van der Waals surface area contributed by atoms with E-state index in [0.29, 0.717) is 12.5 Å². The maximum absolute atomic E-state index is 5.99. The summed E-state index contributed by atoms with van der Waals surface area (Å²) in [4.78, 5) is 4.68. The molecule has 2 aromatic heterocycles. The quantitative estimate of drug-likeness (QED) is 0.564. The van der Waals surface area contributed by atoms with Crippen LogP contribution in [-0.2, 0) is 13.7 Å². The van der Waals surface area contributed by atoms with Gasteiger partial charge >= 0.3 is 0 Å². The van der Waals surface area contributed by atoms with Gasteiger partial charge in [-0.2, -0.15) is 5.10 Å². The number of aryl methyl sites for hydroxylation is 3. The normalized spacial score (nSPS) is 10.8. The molecule has 0 saturated heterocycles. The second-order valence-electron chi connectivity index (χ2n) is 6.50. The molecule has 0 amide bonds. The molecule has 2 heterocycles. The van der Waals surface area contributed by atoms with Gasteiger partial charge in [-0.25, -0.2) is 10.8 Å². The number of hydrogen-bond donors (Lipinski definition) is 1. The lowest BCUT2D eigenvalue weighted by Gasteiger charge is -2.19. The van der Waals surface area contributed by atoms with Crippen LogP contribution in [0.15, 0.2) is 36.4 Å². The summed E-state index contributed by atoms with van der Waals surface area (Å²) in [5.41, 5.74) is 7.09. The summed E-state index contributed by atoms with van der Waals surface area (Å²) < 4.78 is 7.86. The Balaban J connectivity index is 1.87. The van der Waals surface area contributed by atoms with Crippen molar-refractivity contribution in [3.05, 3.63) is 58.9 Å². The largest absolute Gasteiger partial charge is 0.473 e. The van der Waals surface area contributed by atoms with E-state index in [1.54, 1.807) is 5.01 Å². The highest BCUT2D eigenvalue weighted by Crippen LogP contribution is 2.27. The van der Waals surface area contributed by atoms with E-state index in [1.807, 2.05) is 63.0 Å². The van der Waals surface area contributed by atoms with Crippen molar-refractivity contribution >= 4 is 5.69 Å². The lowest BCUT2D eigenvalue weighted by molar-refractivity contribution is 0.294. The van der Waals surface area contributed by atoms with E-state index in [9.17, 15) is 0 Å². The van der Waals surface area contributed by atoms with Crippen LogP contribution >= 0.6 is 0 Å². The lowest BCUT2D eigenvalue weighted by Crippen LogP contribution is -2.26. The molecule has 0 aliphatic carbocycles. The number of hydrogen-bond acceptors (Lipinski definition) is 5. The van der Waals surface area contributed by atoms with E-state index in [1.165, 1.54) is 0 Å². The molecule has 136 valence electrons. The highest BCUT2D eigenvalue weighted by molar-refractivity contribution is 5.65. The zero-order valence-corrected chi connectivity index (χ0v) is 15.9. The van der Waals surface area contributed by atoms with Crippen LogP contribution in [0.5, 0.6) is 5.88 Å². The van der Waals surface area contributed by atoms with Crippen LogP contribution < -0.4 is 15.6 Å². The van der Waals surface area contributed by atoms with Gasteiger partial charge in [0.25, 0.3) is 0 Å². The Morgan fingerprint density at radius 2 is 1.85 bits per heavy atom. The van der Waals surface area contributed by atoms with Gasteiger partial charge < -0.3 is 9.75 Å². The fourth-order valence-electron chi connectivity index (χ4n) is 3.13. The fraction of sp³-hybridized carbons (Fsp3) is 0.300. The molecule has 0 spiro atoms. The number of hydrazine groups is 1. The lowest BCUT2D eigenvalue weighted by atomic mass is 10.1. The third kappa shape index (κ3) is 3.41. The van der Waals surface area contributed by atoms with E-state index >= 15 is 0 Å². The summed E-state index contributed by atoms with van der Waals surface area (Å²) in [5, 5.41) is 6.08. The van der Waals surface area contributed by atoms with Crippen molar-refractivity contribution in [1.29, 1.82) is 0 Å². The third-order valence-corrected chi connectivity index (χ3v) is 4.62. The molecule has 0 bridgehead atoms. The predicted octanol–water partition coefficient (Wildman–Crippen LogP) is 3.30. The number of rotatable bonds is 5. The number of anilines is 1. The van der Waals surface area contributed by atoms with Gasteiger partial charge in [0, 0.05) is 37.0 Å². The summed E-state index contributed by atoms with van der Waals surface area (Å²) in [6.45, 7) is 6.50. The molecular weight excluding hydrogens is 326 g/mol. The number of ether oxygens (including phenoxy) is 1. The molecule has 26 heavy (non-hydrogen) atoms. The zero-order chi connectivity index (χ0) is 18.8. The fourth-order valence-corrected chi connectivity index (χ4v) is 3.13. The van der Waals surface area contributed by atoms with Gasteiger partial charge in [0.1, 0.15) is 6.61 Å². The standard InChI is InChI=1S/C20H25N5O/c1-13-8-6-10-18(24(4)21)16(13)12-26-19-11-7-9-17(22-19)20-14(2)23-25(5)15(20)3/h6-11H,12,21H2,1-5H3. The molecule has 0 aliphatic rings. The molecule has 0 radical (unpaired) electrons. The van der Waals surface area contributed by atoms with Crippen molar-refractivity contribution in [1.82, 2.24) is 14.8 Å². The first kappa shape index (κ1) is 17.9. The maximum Gasteiger partial charge on any atom is 0.214 e. The Kier molecular flexibility index (Phi) is 4.95. The van der Waals surface area contributed by atoms with Crippen LogP contribution in [0, 0.1) is 20.8 Å². The first-order valence-corrected chi connectivity index (χ1v) is 8.56. The molecule has 3 rings (SSSR count). The Labute approximate surface area is 154 Å². The van der Waals surface area contributed by atoms with E-state index in [4.69, 9.17) is 10.6 Å². The Morgan fingerprint density at radius 1 is 1.12 bits per heavy atom. The van der Waals surface area contributed by atoms with Crippen molar-refractivity contribution in [2.75, 3.05) is 12.1 Å². The molecule has 0 aliphatic heterocycles. The van der Waals surface area contributed by atoms with Crippen molar-refractivity contribution < 1.29 is 4.74 Å². The molecular formula is C20H25N5O. The zero-order valence-electron chi connectivity index (χ0n) is 15.9. The van der Waals surface area contributed by atoms with Crippen molar-refractivity contribution in [3.63, 3.8) is 0 Å².